The fraction of sp³-hybridized carbons (Fsp3) is 0.542. The van der Waals surface area contributed by atoms with Crippen LogP contribution in [-0.2, 0) is 17.8 Å². The molecule has 2 fully saturated rings. The van der Waals surface area contributed by atoms with Crippen molar-refractivity contribution in [1.82, 2.24) is 25.1 Å². The third-order valence-corrected chi connectivity index (χ3v) is 6.51. The Labute approximate surface area is 179 Å². The minimum Gasteiger partial charge on any atom is -0.355 e. The van der Waals surface area contributed by atoms with Crippen molar-refractivity contribution in [3.8, 4) is 0 Å². The van der Waals surface area contributed by atoms with Gasteiger partial charge in [-0.15, -0.1) is 0 Å². The van der Waals surface area contributed by atoms with Crippen molar-refractivity contribution >= 4 is 5.91 Å². The van der Waals surface area contributed by atoms with Crippen LogP contribution in [0.5, 0.6) is 0 Å². The number of piperidine rings is 2. The van der Waals surface area contributed by atoms with Crippen LogP contribution in [0.25, 0.3) is 0 Å². The summed E-state index contributed by atoms with van der Waals surface area (Å²) in [4.78, 5) is 26.0. The van der Waals surface area contributed by atoms with Crippen molar-refractivity contribution in [3.63, 3.8) is 0 Å². The molecule has 0 radical (unpaired) electrons. The van der Waals surface area contributed by atoms with Crippen LogP contribution in [0.1, 0.15) is 36.8 Å². The lowest BCUT2D eigenvalue weighted by atomic mass is 9.93. The number of likely N-dealkylation sites (tertiary alicyclic amines) is 2. The van der Waals surface area contributed by atoms with E-state index in [4.69, 9.17) is 0 Å². The van der Waals surface area contributed by atoms with E-state index in [9.17, 15) is 4.79 Å². The van der Waals surface area contributed by atoms with Gasteiger partial charge in [-0.05, 0) is 87.1 Å². The molecular weight excluding hydrogens is 374 g/mol. The van der Waals surface area contributed by atoms with Gasteiger partial charge in [0.25, 0.3) is 0 Å². The molecule has 4 rings (SSSR count). The maximum Gasteiger partial charge on any atom is 0.224 e. The number of rotatable bonds is 7. The first-order valence-electron chi connectivity index (χ1n) is 11.3. The zero-order valence-electron chi connectivity index (χ0n) is 17.7. The highest BCUT2D eigenvalue weighted by atomic mass is 16.1. The number of nitrogens with one attached hydrogen (secondary N) is 1. The fourth-order valence-electron chi connectivity index (χ4n) is 4.76. The van der Waals surface area contributed by atoms with Gasteiger partial charge in [-0.25, -0.2) is 0 Å². The molecule has 30 heavy (non-hydrogen) atoms. The average molecular weight is 408 g/mol. The summed E-state index contributed by atoms with van der Waals surface area (Å²) in [5.74, 6) is 0.356. The van der Waals surface area contributed by atoms with Gasteiger partial charge in [0, 0.05) is 50.5 Å². The fourth-order valence-corrected chi connectivity index (χ4v) is 4.76. The van der Waals surface area contributed by atoms with E-state index in [-0.39, 0.29) is 11.8 Å². The summed E-state index contributed by atoms with van der Waals surface area (Å²) in [6, 6.07) is 8.85. The number of nitrogens with zero attached hydrogens (tertiary/aromatic N) is 4. The molecule has 2 saturated heterocycles. The number of aromatic nitrogens is 2. The van der Waals surface area contributed by atoms with Crippen molar-refractivity contribution < 1.29 is 4.79 Å². The predicted octanol–water partition coefficient (Wildman–Crippen LogP) is 2.51. The van der Waals surface area contributed by atoms with Gasteiger partial charge in [-0.2, -0.15) is 0 Å². The molecule has 1 N–H and O–H groups in total. The smallest absolute Gasteiger partial charge is 0.224 e. The molecule has 2 aliphatic heterocycles. The van der Waals surface area contributed by atoms with E-state index in [1.165, 1.54) is 24.0 Å². The van der Waals surface area contributed by atoms with E-state index in [0.29, 0.717) is 12.6 Å². The first-order valence-corrected chi connectivity index (χ1v) is 11.3. The Morgan fingerprint density at radius 1 is 0.933 bits per heavy atom. The van der Waals surface area contributed by atoms with Gasteiger partial charge in [0.05, 0.1) is 5.92 Å². The average Bonchev–Trinajstić information content (AvgIpc) is 2.81. The Morgan fingerprint density at radius 3 is 2.30 bits per heavy atom. The standard InChI is InChI=1S/C24H33N5O/c30-24(27-14-7-20-3-10-25-11-4-20)22-2-1-15-29(19-22)23-8-16-28(17-9-23)18-21-5-12-26-13-6-21/h3-6,10-13,22-23H,1-2,7-9,14-19H2,(H,27,30)/t22-/m0/s1. The minimum atomic E-state index is 0.131. The van der Waals surface area contributed by atoms with E-state index in [0.717, 1.165) is 52.0 Å². The van der Waals surface area contributed by atoms with Gasteiger partial charge in [0.1, 0.15) is 0 Å². The molecule has 160 valence electrons. The third kappa shape index (κ3) is 5.86. The molecule has 1 amide bonds. The quantitative estimate of drug-likeness (QED) is 0.764. The van der Waals surface area contributed by atoms with Crippen molar-refractivity contribution in [3.05, 3.63) is 60.2 Å². The van der Waals surface area contributed by atoms with Crippen molar-refractivity contribution in [2.24, 2.45) is 5.92 Å². The summed E-state index contributed by atoms with van der Waals surface area (Å²) in [5.41, 5.74) is 2.55. The molecule has 0 saturated carbocycles. The van der Waals surface area contributed by atoms with Gasteiger partial charge in [0.15, 0.2) is 0 Å². The summed E-state index contributed by atoms with van der Waals surface area (Å²) in [6.45, 7) is 6.02. The lowest BCUT2D eigenvalue weighted by Gasteiger charge is -2.42. The first-order chi connectivity index (χ1) is 14.8. The maximum atomic E-state index is 12.7. The third-order valence-electron chi connectivity index (χ3n) is 6.51. The van der Waals surface area contributed by atoms with Crippen molar-refractivity contribution in [2.45, 2.75) is 44.7 Å². The molecule has 0 unspecified atom stereocenters. The molecule has 0 aromatic carbocycles. The normalized spacial score (nSPS) is 21.4. The molecule has 2 aromatic heterocycles. The van der Waals surface area contributed by atoms with Gasteiger partial charge >= 0.3 is 0 Å². The summed E-state index contributed by atoms with van der Waals surface area (Å²) in [6.07, 6.45) is 12.7. The highest BCUT2D eigenvalue weighted by molar-refractivity contribution is 5.79. The molecule has 0 bridgehead atoms. The molecule has 6 heteroatoms. The van der Waals surface area contributed by atoms with Crippen LogP contribution in [0.4, 0.5) is 0 Å². The topological polar surface area (TPSA) is 61.4 Å². The van der Waals surface area contributed by atoms with Crippen LogP contribution >= 0.6 is 0 Å². The molecule has 6 nitrogen and oxygen atoms in total. The Balaban J connectivity index is 1.20. The molecular formula is C24H33N5O. The van der Waals surface area contributed by atoms with Crippen LogP contribution in [0.15, 0.2) is 49.1 Å². The molecule has 1 atom stereocenters. The van der Waals surface area contributed by atoms with E-state index < -0.39 is 0 Å². The van der Waals surface area contributed by atoms with Crippen molar-refractivity contribution in [1.29, 1.82) is 0 Å². The molecule has 2 aromatic rings. The van der Waals surface area contributed by atoms with Gasteiger partial charge in [0.2, 0.25) is 5.91 Å². The van der Waals surface area contributed by atoms with Crippen LogP contribution in [-0.4, -0.2) is 64.4 Å². The number of carbonyl (C=O) groups is 1. The SMILES string of the molecule is O=C(NCCc1ccncc1)[C@H]1CCCN(C2CCN(Cc3ccncc3)CC2)C1. The largest absolute Gasteiger partial charge is 0.355 e. The van der Waals surface area contributed by atoms with Crippen LogP contribution in [0.3, 0.4) is 0 Å². The second-order valence-electron chi connectivity index (χ2n) is 8.59. The molecule has 2 aliphatic rings. The lowest BCUT2D eigenvalue weighted by Crippen LogP contribution is -2.50. The van der Waals surface area contributed by atoms with Crippen LogP contribution in [0, 0.1) is 5.92 Å². The molecule has 0 aliphatic carbocycles. The summed E-state index contributed by atoms with van der Waals surface area (Å²) >= 11 is 0. The second kappa shape index (κ2) is 10.6. The molecule has 0 spiro atoms. The van der Waals surface area contributed by atoms with Gasteiger partial charge in [-0.1, -0.05) is 0 Å². The van der Waals surface area contributed by atoms with E-state index in [1.54, 1.807) is 12.4 Å². The number of hydrogen-bond donors (Lipinski definition) is 1. The number of pyridine rings is 2. The van der Waals surface area contributed by atoms with E-state index in [1.807, 2.05) is 24.5 Å². The number of amides is 1. The second-order valence-corrected chi connectivity index (χ2v) is 8.59. The summed E-state index contributed by atoms with van der Waals surface area (Å²) in [5, 5.41) is 3.16. The Kier molecular flexibility index (Phi) is 7.43. The predicted molar refractivity (Wildman–Crippen MR) is 118 cm³/mol. The summed E-state index contributed by atoms with van der Waals surface area (Å²) in [7, 11) is 0. The highest BCUT2D eigenvalue weighted by Gasteiger charge is 2.31. The Morgan fingerprint density at radius 2 is 1.60 bits per heavy atom. The van der Waals surface area contributed by atoms with Gasteiger partial charge in [-0.3, -0.25) is 24.6 Å². The van der Waals surface area contributed by atoms with E-state index >= 15 is 0 Å². The maximum absolute atomic E-state index is 12.7. The van der Waals surface area contributed by atoms with E-state index in [2.05, 4.69) is 37.2 Å². The Hall–Kier alpha value is -2.31. The Bertz CT molecular complexity index is 777. The van der Waals surface area contributed by atoms with Crippen LogP contribution < -0.4 is 5.32 Å². The highest BCUT2D eigenvalue weighted by Crippen LogP contribution is 2.24. The lowest BCUT2D eigenvalue weighted by molar-refractivity contribution is -0.127. The van der Waals surface area contributed by atoms with Crippen molar-refractivity contribution in [2.75, 3.05) is 32.7 Å². The number of carbonyl (C=O) groups excluding carboxylic acids is 1. The minimum absolute atomic E-state index is 0.131. The first kappa shape index (κ1) is 20.9. The zero-order valence-corrected chi connectivity index (χ0v) is 17.7. The summed E-state index contributed by atoms with van der Waals surface area (Å²) < 4.78 is 0. The zero-order chi connectivity index (χ0) is 20.6. The number of hydrogen-bond acceptors (Lipinski definition) is 5. The van der Waals surface area contributed by atoms with Gasteiger partial charge < -0.3 is 5.32 Å². The molecule has 4 heterocycles. The monoisotopic (exact) mass is 407 g/mol. The van der Waals surface area contributed by atoms with Crippen LogP contribution in [0.2, 0.25) is 0 Å².